The largest absolute Gasteiger partial charge is 0.495 e. The van der Waals surface area contributed by atoms with Gasteiger partial charge in [-0.15, -0.1) is 0 Å². The molecule has 4 rings (SSSR count). The molecule has 31 heavy (non-hydrogen) atoms. The van der Waals surface area contributed by atoms with E-state index in [4.69, 9.17) is 9.47 Å². The van der Waals surface area contributed by atoms with Gasteiger partial charge < -0.3 is 14.8 Å². The highest BCUT2D eigenvalue weighted by Gasteiger charge is 2.27. The first-order valence-electron chi connectivity index (χ1n) is 10.0. The molecular formula is C23H24N2O5S. The topological polar surface area (TPSA) is 84.9 Å². The van der Waals surface area contributed by atoms with Crippen LogP contribution in [0.5, 0.6) is 5.75 Å². The van der Waals surface area contributed by atoms with Crippen molar-refractivity contribution in [3.8, 4) is 5.75 Å². The van der Waals surface area contributed by atoms with E-state index < -0.39 is 10.0 Å². The summed E-state index contributed by atoms with van der Waals surface area (Å²) in [4.78, 5) is 12.8. The highest BCUT2D eigenvalue weighted by atomic mass is 32.2. The number of nitrogens with zero attached hydrogens (tertiary/aromatic N) is 1. The van der Waals surface area contributed by atoms with Crippen molar-refractivity contribution in [3.63, 3.8) is 0 Å². The average molecular weight is 441 g/mol. The number of benzene rings is 3. The highest BCUT2D eigenvalue weighted by Crippen LogP contribution is 2.29. The van der Waals surface area contributed by atoms with Gasteiger partial charge in [-0.25, -0.2) is 8.42 Å². The van der Waals surface area contributed by atoms with Crippen molar-refractivity contribution in [3.05, 3.63) is 66.2 Å². The molecule has 3 aromatic carbocycles. The lowest BCUT2D eigenvalue weighted by atomic mass is 10.0. The molecule has 0 spiro atoms. The molecule has 0 radical (unpaired) electrons. The van der Waals surface area contributed by atoms with Crippen LogP contribution in [0.4, 0.5) is 5.69 Å². The number of morpholine rings is 1. The molecule has 1 aliphatic rings. The summed E-state index contributed by atoms with van der Waals surface area (Å²) in [5.41, 5.74) is 1.19. The van der Waals surface area contributed by atoms with Crippen LogP contribution in [0.1, 0.15) is 5.56 Å². The number of methoxy groups -OCH3 is 1. The SMILES string of the molecule is COc1ccc(S(=O)(=O)N2CCOCC2)cc1NC(=O)Cc1ccc2ccccc2c1. The van der Waals surface area contributed by atoms with Crippen LogP contribution < -0.4 is 10.1 Å². The number of ether oxygens (including phenoxy) is 2. The number of nitrogens with one attached hydrogen (secondary N) is 1. The molecule has 7 nitrogen and oxygen atoms in total. The van der Waals surface area contributed by atoms with E-state index in [1.165, 1.54) is 23.5 Å². The first-order valence-corrected chi connectivity index (χ1v) is 11.4. The van der Waals surface area contributed by atoms with E-state index in [2.05, 4.69) is 5.32 Å². The summed E-state index contributed by atoms with van der Waals surface area (Å²) in [6, 6.07) is 18.3. The smallest absolute Gasteiger partial charge is 0.243 e. The lowest BCUT2D eigenvalue weighted by molar-refractivity contribution is -0.115. The molecule has 162 valence electrons. The van der Waals surface area contributed by atoms with Crippen molar-refractivity contribution in [2.45, 2.75) is 11.3 Å². The maximum Gasteiger partial charge on any atom is 0.243 e. The van der Waals surface area contributed by atoms with Crippen LogP contribution in [-0.4, -0.2) is 52.0 Å². The molecule has 1 aliphatic heterocycles. The Morgan fingerprint density at radius 2 is 1.77 bits per heavy atom. The van der Waals surface area contributed by atoms with Crippen LogP contribution in [-0.2, 0) is 26.0 Å². The van der Waals surface area contributed by atoms with E-state index in [1.807, 2.05) is 42.5 Å². The minimum Gasteiger partial charge on any atom is -0.495 e. The van der Waals surface area contributed by atoms with Gasteiger partial charge in [0.15, 0.2) is 0 Å². The van der Waals surface area contributed by atoms with Gasteiger partial charge in [-0.2, -0.15) is 4.31 Å². The highest BCUT2D eigenvalue weighted by molar-refractivity contribution is 7.89. The maximum atomic E-state index is 13.0. The zero-order valence-corrected chi connectivity index (χ0v) is 18.0. The van der Waals surface area contributed by atoms with Gasteiger partial charge in [-0.1, -0.05) is 42.5 Å². The van der Waals surface area contributed by atoms with E-state index in [0.29, 0.717) is 37.7 Å². The van der Waals surface area contributed by atoms with Gasteiger partial charge in [0.25, 0.3) is 0 Å². The van der Waals surface area contributed by atoms with Crippen molar-refractivity contribution in [1.82, 2.24) is 4.31 Å². The van der Waals surface area contributed by atoms with Crippen LogP contribution in [0.3, 0.4) is 0 Å². The molecule has 0 bridgehead atoms. The molecule has 1 saturated heterocycles. The van der Waals surface area contributed by atoms with Gasteiger partial charge in [-0.05, 0) is 34.5 Å². The standard InChI is InChI=1S/C23H24N2O5S/c1-29-22-9-8-20(31(27,28)25-10-12-30-13-11-25)16-21(22)24-23(26)15-17-6-7-18-4-2-3-5-19(18)14-17/h2-9,14,16H,10-13,15H2,1H3,(H,24,26). The zero-order valence-electron chi connectivity index (χ0n) is 17.2. The molecule has 8 heteroatoms. The summed E-state index contributed by atoms with van der Waals surface area (Å²) in [5, 5.41) is 4.97. The fraction of sp³-hybridized carbons (Fsp3) is 0.261. The Bertz CT molecular complexity index is 1200. The Kier molecular flexibility index (Phi) is 6.22. The van der Waals surface area contributed by atoms with E-state index in [0.717, 1.165) is 16.3 Å². The summed E-state index contributed by atoms with van der Waals surface area (Å²) in [6.45, 7) is 1.34. The Labute approximate surface area is 181 Å². The van der Waals surface area contributed by atoms with Crippen LogP contribution in [0.25, 0.3) is 10.8 Å². The molecule has 0 atom stereocenters. The maximum absolute atomic E-state index is 13.0. The first-order chi connectivity index (χ1) is 15.0. The van der Waals surface area contributed by atoms with Gasteiger partial charge >= 0.3 is 0 Å². The van der Waals surface area contributed by atoms with Crippen molar-refractivity contribution in [2.75, 3.05) is 38.7 Å². The van der Waals surface area contributed by atoms with Crippen LogP contribution in [0.15, 0.2) is 65.6 Å². The third-order valence-electron chi connectivity index (χ3n) is 5.23. The van der Waals surface area contributed by atoms with Crippen LogP contribution in [0, 0.1) is 0 Å². The van der Waals surface area contributed by atoms with Gasteiger partial charge in [0.2, 0.25) is 15.9 Å². The predicted molar refractivity (Wildman–Crippen MR) is 119 cm³/mol. The van der Waals surface area contributed by atoms with Gasteiger partial charge in [-0.3, -0.25) is 4.79 Å². The zero-order chi connectivity index (χ0) is 21.8. The Hall–Kier alpha value is -2.94. The van der Waals surface area contributed by atoms with Crippen molar-refractivity contribution >= 4 is 32.4 Å². The number of amides is 1. The average Bonchev–Trinajstić information content (AvgIpc) is 2.79. The normalized spacial score (nSPS) is 15.0. The van der Waals surface area contributed by atoms with Crippen molar-refractivity contribution in [1.29, 1.82) is 0 Å². The molecule has 0 aliphatic carbocycles. The fourth-order valence-electron chi connectivity index (χ4n) is 3.61. The Morgan fingerprint density at radius 3 is 2.52 bits per heavy atom. The van der Waals surface area contributed by atoms with Gasteiger partial charge in [0.1, 0.15) is 5.75 Å². The summed E-state index contributed by atoms with van der Waals surface area (Å²) in [7, 11) is -2.21. The lowest BCUT2D eigenvalue weighted by Crippen LogP contribution is -2.40. The number of carbonyl (C=O) groups is 1. The molecule has 0 unspecified atom stereocenters. The number of anilines is 1. The van der Waals surface area contributed by atoms with E-state index in [9.17, 15) is 13.2 Å². The second-order valence-corrected chi connectivity index (χ2v) is 9.22. The summed E-state index contributed by atoms with van der Waals surface area (Å²) >= 11 is 0. The van der Waals surface area contributed by atoms with Crippen LogP contribution >= 0.6 is 0 Å². The minimum atomic E-state index is -3.68. The lowest BCUT2D eigenvalue weighted by Gasteiger charge is -2.26. The quantitative estimate of drug-likeness (QED) is 0.637. The molecule has 1 amide bonds. The predicted octanol–water partition coefficient (Wildman–Crippen LogP) is 3.05. The first kappa shape index (κ1) is 21.3. The summed E-state index contributed by atoms with van der Waals surface area (Å²) in [6.07, 6.45) is 0.161. The fourth-order valence-corrected chi connectivity index (χ4v) is 5.04. The molecule has 3 aromatic rings. The second-order valence-electron chi connectivity index (χ2n) is 7.29. The number of hydrogen-bond donors (Lipinski definition) is 1. The molecule has 1 heterocycles. The monoisotopic (exact) mass is 440 g/mol. The Balaban J connectivity index is 1.54. The van der Waals surface area contributed by atoms with Crippen molar-refractivity contribution < 1.29 is 22.7 Å². The summed E-state index contributed by atoms with van der Waals surface area (Å²) < 4.78 is 37.9. The third kappa shape index (κ3) is 4.71. The second kappa shape index (κ2) is 9.05. The number of carbonyl (C=O) groups excluding carboxylic acids is 1. The Morgan fingerprint density at radius 1 is 1.03 bits per heavy atom. The molecule has 1 N–H and O–H groups in total. The van der Waals surface area contributed by atoms with E-state index >= 15 is 0 Å². The molecule has 0 aromatic heterocycles. The molecule has 1 fully saturated rings. The van der Waals surface area contributed by atoms with Crippen molar-refractivity contribution in [2.24, 2.45) is 0 Å². The van der Waals surface area contributed by atoms with Crippen LogP contribution in [0.2, 0.25) is 0 Å². The number of sulfonamides is 1. The number of fused-ring (bicyclic) bond motifs is 1. The van der Waals surface area contributed by atoms with E-state index in [1.54, 1.807) is 6.07 Å². The number of hydrogen-bond acceptors (Lipinski definition) is 5. The molecular weight excluding hydrogens is 416 g/mol. The summed E-state index contributed by atoms with van der Waals surface area (Å²) in [5.74, 6) is 0.141. The van der Waals surface area contributed by atoms with Gasteiger partial charge in [0, 0.05) is 13.1 Å². The molecule has 0 saturated carbocycles. The minimum absolute atomic E-state index is 0.108. The van der Waals surface area contributed by atoms with E-state index in [-0.39, 0.29) is 17.2 Å². The third-order valence-corrected chi connectivity index (χ3v) is 7.13. The number of rotatable bonds is 6. The van der Waals surface area contributed by atoms with Gasteiger partial charge in [0.05, 0.1) is 37.3 Å².